The summed E-state index contributed by atoms with van der Waals surface area (Å²) in [6, 6.07) is 10.2. The number of hydrazone groups is 1. The normalized spacial score (nSPS) is 17.7. The number of carbonyl (C=O) groups is 1. The van der Waals surface area contributed by atoms with Gasteiger partial charge in [-0.25, -0.2) is 13.4 Å². The van der Waals surface area contributed by atoms with E-state index in [0.29, 0.717) is 29.1 Å². The molecule has 1 amide bonds. The van der Waals surface area contributed by atoms with E-state index >= 15 is 0 Å². The molecule has 0 unspecified atom stereocenters. The van der Waals surface area contributed by atoms with Gasteiger partial charge in [-0.3, -0.25) is 9.52 Å². The van der Waals surface area contributed by atoms with Gasteiger partial charge >= 0.3 is 0 Å². The molecule has 0 spiro atoms. The molecule has 8 heteroatoms. The second-order valence-electron chi connectivity index (χ2n) is 5.57. The van der Waals surface area contributed by atoms with Crippen molar-refractivity contribution in [3.63, 3.8) is 0 Å². The van der Waals surface area contributed by atoms with Gasteiger partial charge in [0.2, 0.25) is 15.9 Å². The molecule has 1 N–H and O–H groups in total. The third-order valence-electron chi connectivity index (χ3n) is 3.64. The Morgan fingerprint density at radius 3 is 2.67 bits per heavy atom. The number of hydrogen-bond donors (Lipinski definition) is 1. The number of furan rings is 1. The first kappa shape index (κ1) is 16.3. The number of hydrogen-bond acceptors (Lipinski definition) is 5. The zero-order valence-corrected chi connectivity index (χ0v) is 14.1. The molecule has 1 aromatic heterocycles. The number of carbonyl (C=O) groups excluding carboxylic acids is 1. The number of rotatable bonds is 4. The SMILES string of the molecule is CC(=O)N1N=C(c2ccccc2NS(C)(=O)=O)C[C@H]1c1ccco1. The molecule has 126 valence electrons. The maximum absolute atomic E-state index is 11.9. The van der Waals surface area contributed by atoms with Crippen molar-refractivity contribution < 1.29 is 17.6 Å². The molecule has 24 heavy (non-hydrogen) atoms. The zero-order valence-electron chi connectivity index (χ0n) is 13.3. The Bertz CT molecular complexity index is 888. The standard InChI is InChI=1S/C16H17N3O4S/c1-11(20)19-15(16-8-5-9-23-16)10-14(17-19)12-6-3-4-7-13(12)18-24(2,21)22/h3-9,15,18H,10H2,1-2H3/t15-/m0/s1. The van der Waals surface area contributed by atoms with Gasteiger partial charge in [-0.15, -0.1) is 0 Å². The fraction of sp³-hybridized carbons (Fsp3) is 0.250. The number of benzene rings is 1. The Morgan fingerprint density at radius 2 is 2.04 bits per heavy atom. The van der Waals surface area contributed by atoms with Crippen molar-refractivity contribution in [3.05, 3.63) is 54.0 Å². The van der Waals surface area contributed by atoms with Crippen LogP contribution in [-0.4, -0.2) is 31.3 Å². The number of para-hydroxylation sites is 1. The van der Waals surface area contributed by atoms with Crippen molar-refractivity contribution in [2.24, 2.45) is 5.10 Å². The Kier molecular flexibility index (Phi) is 4.15. The van der Waals surface area contributed by atoms with E-state index in [1.165, 1.54) is 11.9 Å². The lowest BCUT2D eigenvalue weighted by Crippen LogP contribution is -2.23. The maximum atomic E-state index is 11.9. The Balaban J connectivity index is 1.99. The van der Waals surface area contributed by atoms with Crippen LogP contribution in [0.2, 0.25) is 0 Å². The minimum atomic E-state index is -3.42. The molecule has 1 aromatic carbocycles. The first-order valence-corrected chi connectivity index (χ1v) is 9.22. The molecule has 0 radical (unpaired) electrons. The lowest BCUT2D eigenvalue weighted by atomic mass is 10.0. The van der Waals surface area contributed by atoms with E-state index in [2.05, 4.69) is 9.82 Å². The van der Waals surface area contributed by atoms with E-state index in [9.17, 15) is 13.2 Å². The minimum absolute atomic E-state index is 0.208. The van der Waals surface area contributed by atoms with Crippen molar-refractivity contribution >= 4 is 27.3 Å². The topological polar surface area (TPSA) is 92.0 Å². The Labute approximate surface area is 140 Å². The largest absolute Gasteiger partial charge is 0.467 e. The first-order chi connectivity index (χ1) is 11.3. The minimum Gasteiger partial charge on any atom is -0.467 e. The van der Waals surface area contributed by atoms with Gasteiger partial charge in [0.25, 0.3) is 0 Å². The van der Waals surface area contributed by atoms with Crippen molar-refractivity contribution in [1.82, 2.24) is 5.01 Å². The number of anilines is 1. The highest BCUT2D eigenvalue weighted by molar-refractivity contribution is 7.92. The summed E-state index contributed by atoms with van der Waals surface area (Å²) in [5.41, 5.74) is 1.70. The van der Waals surface area contributed by atoms with E-state index in [4.69, 9.17) is 4.42 Å². The summed E-state index contributed by atoms with van der Waals surface area (Å²) in [5, 5.41) is 5.76. The summed E-state index contributed by atoms with van der Waals surface area (Å²) in [6.07, 6.45) is 3.08. The van der Waals surface area contributed by atoms with E-state index in [1.54, 1.807) is 42.7 Å². The van der Waals surface area contributed by atoms with Gasteiger partial charge in [0.15, 0.2) is 0 Å². The van der Waals surface area contributed by atoms with Gasteiger partial charge in [-0.05, 0) is 18.2 Å². The summed E-state index contributed by atoms with van der Waals surface area (Å²) in [6.45, 7) is 1.43. The molecule has 0 bridgehead atoms. The average molecular weight is 347 g/mol. The highest BCUT2D eigenvalue weighted by Gasteiger charge is 2.34. The Morgan fingerprint density at radius 1 is 1.29 bits per heavy atom. The van der Waals surface area contributed by atoms with Gasteiger partial charge < -0.3 is 4.42 Å². The van der Waals surface area contributed by atoms with E-state index in [-0.39, 0.29) is 11.9 Å². The second kappa shape index (κ2) is 6.12. The number of sulfonamides is 1. The number of nitrogens with one attached hydrogen (secondary N) is 1. The molecule has 0 saturated heterocycles. The van der Waals surface area contributed by atoms with Gasteiger partial charge in [0.1, 0.15) is 11.8 Å². The molecule has 3 rings (SSSR count). The summed E-state index contributed by atoms with van der Waals surface area (Å²) in [4.78, 5) is 11.9. The Hall–Kier alpha value is -2.61. The van der Waals surface area contributed by atoms with Crippen LogP contribution in [0.4, 0.5) is 5.69 Å². The van der Waals surface area contributed by atoms with Crippen LogP contribution in [0.3, 0.4) is 0 Å². The monoisotopic (exact) mass is 347 g/mol. The number of amides is 1. The van der Waals surface area contributed by atoms with Crippen LogP contribution in [0, 0.1) is 0 Å². The van der Waals surface area contributed by atoms with Crippen LogP contribution in [0.5, 0.6) is 0 Å². The molecule has 0 fully saturated rings. The maximum Gasteiger partial charge on any atom is 0.240 e. The van der Waals surface area contributed by atoms with Gasteiger partial charge in [-0.1, -0.05) is 18.2 Å². The van der Waals surface area contributed by atoms with Crippen LogP contribution in [0.1, 0.15) is 30.7 Å². The molecular weight excluding hydrogens is 330 g/mol. The first-order valence-electron chi connectivity index (χ1n) is 7.33. The molecule has 1 aliphatic heterocycles. The van der Waals surface area contributed by atoms with E-state index < -0.39 is 10.0 Å². The molecule has 1 atom stereocenters. The predicted molar refractivity (Wildman–Crippen MR) is 90.0 cm³/mol. The van der Waals surface area contributed by atoms with Crippen LogP contribution >= 0.6 is 0 Å². The van der Waals surface area contributed by atoms with E-state index in [1.807, 2.05) is 0 Å². The van der Waals surface area contributed by atoms with E-state index in [0.717, 1.165) is 6.26 Å². The van der Waals surface area contributed by atoms with Crippen LogP contribution in [0.15, 0.2) is 52.2 Å². The van der Waals surface area contributed by atoms with Crippen molar-refractivity contribution in [1.29, 1.82) is 0 Å². The molecule has 7 nitrogen and oxygen atoms in total. The third kappa shape index (κ3) is 3.33. The highest BCUT2D eigenvalue weighted by Crippen LogP contribution is 2.34. The molecule has 0 aliphatic carbocycles. The summed E-state index contributed by atoms with van der Waals surface area (Å²) < 4.78 is 31.0. The fourth-order valence-electron chi connectivity index (χ4n) is 2.69. The lowest BCUT2D eigenvalue weighted by molar-refractivity contribution is -0.130. The summed E-state index contributed by atoms with van der Waals surface area (Å²) in [7, 11) is -3.42. The third-order valence-corrected chi connectivity index (χ3v) is 4.23. The van der Waals surface area contributed by atoms with Gasteiger partial charge in [0.05, 0.1) is 23.9 Å². The fourth-order valence-corrected chi connectivity index (χ4v) is 3.27. The van der Waals surface area contributed by atoms with Gasteiger partial charge in [-0.2, -0.15) is 5.10 Å². The smallest absolute Gasteiger partial charge is 0.240 e. The molecule has 2 heterocycles. The number of nitrogens with zero attached hydrogens (tertiary/aromatic N) is 2. The summed E-state index contributed by atoms with van der Waals surface area (Å²) >= 11 is 0. The molecular formula is C16H17N3O4S. The highest BCUT2D eigenvalue weighted by atomic mass is 32.2. The van der Waals surface area contributed by atoms with Crippen molar-refractivity contribution in [2.75, 3.05) is 11.0 Å². The quantitative estimate of drug-likeness (QED) is 0.919. The molecule has 2 aromatic rings. The average Bonchev–Trinajstić information content (AvgIpc) is 3.15. The zero-order chi connectivity index (χ0) is 17.3. The van der Waals surface area contributed by atoms with Crippen LogP contribution in [0.25, 0.3) is 0 Å². The lowest BCUT2D eigenvalue weighted by Gasteiger charge is -2.17. The van der Waals surface area contributed by atoms with Crippen molar-refractivity contribution in [2.45, 2.75) is 19.4 Å². The predicted octanol–water partition coefficient (Wildman–Crippen LogP) is 2.35. The van der Waals surface area contributed by atoms with Crippen LogP contribution in [-0.2, 0) is 14.8 Å². The summed E-state index contributed by atoms with van der Waals surface area (Å²) in [5.74, 6) is 0.428. The molecule has 1 aliphatic rings. The molecule has 0 saturated carbocycles. The van der Waals surface area contributed by atoms with Crippen LogP contribution < -0.4 is 4.72 Å². The van der Waals surface area contributed by atoms with Gasteiger partial charge in [0, 0.05) is 18.9 Å². The second-order valence-corrected chi connectivity index (χ2v) is 7.31. The van der Waals surface area contributed by atoms with Crippen molar-refractivity contribution in [3.8, 4) is 0 Å².